The van der Waals surface area contributed by atoms with Crippen LogP contribution in [0.2, 0.25) is 10.0 Å². The van der Waals surface area contributed by atoms with Gasteiger partial charge >= 0.3 is 6.03 Å². The summed E-state index contributed by atoms with van der Waals surface area (Å²) < 4.78 is 10.4. The van der Waals surface area contributed by atoms with E-state index in [1.165, 1.54) is 56.7 Å². The number of hydrogen-bond acceptors (Lipinski definition) is 5. The van der Waals surface area contributed by atoms with Crippen molar-refractivity contribution in [3.05, 3.63) is 57.6 Å². The molecule has 1 aliphatic heterocycles. The maximum absolute atomic E-state index is 12.9. The van der Waals surface area contributed by atoms with Gasteiger partial charge in [-0.1, -0.05) is 23.2 Å². The van der Waals surface area contributed by atoms with Crippen molar-refractivity contribution < 1.29 is 23.9 Å². The molecule has 1 heterocycles. The number of anilines is 1. The average molecular weight is 421 g/mol. The van der Waals surface area contributed by atoms with Gasteiger partial charge in [0.2, 0.25) is 0 Å². The third-order valence-corrected chi connectivity index (χ3v) is 4.57. The van der Waals surface area contributed by atoms with E-state index in [0.29, 0.717) is 22.1 Å². The highest BCUT2D eigenvalue weighted by molar-refractivity contribution is 6.40. The van der Waals surface area contributed by atoms with E-state index < -0.39 is 17.8 Å². The molecule has 2 aromatic carbocycles. The number of carbonyl (C=O) groups excluding carboxylic acids is 3. The molecule has 0 aliphatic carbocycles. The van der Waals surface area contributed by atoms with E-state index in [2.05, 4.69) is 5.32 Å². The van der Waals surface area contributed by atoms with Gasteiger partial charge < -0.3 is 9.47 Å². The Kier molecular flexibility index (Phi) is 5.58. The van der Waals surface area contributed by atoms with E-state index in [1.54, 1.807) is 0 Å². The van der Waals surface area contributed by atoms with Crippen LogP contribution in [-0.4, -0.2) is 32.1 Å². The van der Waals surface area contributed by atoms with Gasteiger partial charge in [-0.05, 0) is 42.0 Å². The number of imide groups is 2. The summed E-state index contributed by atoms with van der Waals surface area (Å²) in [5.74, 6) is -0.854. The van der Waals surface area contributed by atoms with Crippen molar-refractivity contribution in [2.45, 2.75) is 0 Å². The van der Waals surface area contributed by atoms with Gasteiger partial charge in [0.25, 0.3) is 11.8 Å². The van der Waals surface area contributed by atoms with Gasteiger partial charge in [-0.2, -0.15) is 0 Å². The second-order valence-corrected chi connectivity index (χ2v) is 6.51. The Balaban J connectivity index is 2.05. The molecule has 1 aliphatic rings. The van der Waals surface area contributed by atoms with Crippen LogP contribution in [0, 0.1) is 0 Å². The van der Waals surface area contributed by atoms with Crippen LogP contribution < -0.4 is 19.7 Å². The fraction of sp³-hybridized carbons (Fsp3) is 0.105. The lowest BCUT2D eigenvalue weighted by Crippen LogP contribution is -2.54. The molecule has 0 bridgehead atoms. The van der Waals surface area contributed by atoms with Gasteiger partial charge in [-0.3, -0.25) is 14.9 Å². The Labute approximate surface area is 170 Å². The molecule has 3 rings (SSSR count). The molecule has 0 spiro atoms. The van der Waals surface area contributed by atoms with Crippen LogP contribution in [0.4, 0.5) is 10.5 Å². The van der Waals surface area contributed by atoms with Crippen LogP contribution in [0.5, 0.6) is 11.5 Å². The van der Waals surface area contributed by atoms with E-state index in [-0.39, 0.29) is 16.3 Å². The molecule has 2 aromatic rings. The molecule has 7 nitrogen and oxygen atoms in total. The molecule has 1 fully saturated rings. The molecular formula is C19H14Cl2N2O5. The van der Waals surface area contributed by atoms with Gasteiger partial charge in [-0.15, -0.1) is 0 Å². The zero-order valence-corrected chi connectivity index (χ0v) is 16.3. The number of ether oxygens (including phenoxy) is 2. The Hall–Kier alpha value is -3.03. The lowest BCUT2D eigenvalue weighted by atomic mass is 10.1. The molecule has 0 atom stereocenters. The first-order chi connectivity index (χ1) is 13.3. The lowest BCUT2D eigenvalue weighted by Gasteiger charge is -2.26. The van der Waals surface area contributed by atoms with Crippen molar-refractivity contribution in [2.75, 3.05) is 19.1 Å². The molecule has 9 heteroatoms. The smallest absolute Gasteiger partial charge is 0.335 e. The molecule has 0 radical (unpaired) electrons. The SMILES string of the molecule is COc1cc(Cl)c(/C=C2\C(=O)NC(=O)N(c3ccc(Cl)cc3)C2=O)cc1OC. The van der Waals surface area contributed by atoms with E-state index in [0.717, 1.165) is 4.90 Å². The fourth-order valence-electron chi connectivity index (χ4n) is 2.62. The maximum Gasteiger partial charge on any atom is 0.335 e. The van der Waals surface area contributed by atoms with Crippen molar-refractivity contribution >= 4 is 52.8 Å². The van der Waals surface area contributed by atoms with Gasteiger partial charge in [0.05, 0.1) is 24.9 Å². The quantitative estimate of drug-likeness (QED) is 0.602. The Morgan fingerprint density at radius 1 is 0.964 bits per heavy atom. The second kappa shape index (κ2) is 7.92. The van der Waals surface area contributed by atoms with E-state index in [9.17, 15) is 14.4 Å². The maximum atomic E-state index is 12.9. The zero-order valence-electron chi connectivity index (χ0n) is 14.8. The molecule has 0 unspecified atom stereocenters. The molecule has 0 aromatic heterocycles. The van der Waals surface area contributed by atoms with Crippen LogP contribution in [0.3, 0.4) is 0 Å². The van der Waals surface area contributed by atoms with Crippen LogP contribution in [0.15, 0.2) is 42.0 Å². The van der Waals surface area contributed by atoms with E-state index in [1.807, 2.05) is 0 Å². The topological polar surface area (TPSA) is 84.9 Å². The summed E-state index contributed by atoms with van der Waals surface area (Å²) in [4.78, 5) is 38.2. The fourth-order valence-corrected chi connectivity index (χ4v) is 2.95. The minimum Gasteiger partial charge on any atom is -0.493 e. The molecule has 144 valence electrons. The Morgan fingerprint density at radius 2 is 1.57 bits per heavy atom. The summed E-state index contributed by atoms with van der Waals surface area (Å²) in [7, 11) is 2.90. The van der Waals surface area contributed by atoms with Gasteiger partial charge in [0.1, 0.15) is 5.57 Å². The van der Waals surface area contributed by atoms with Crippen LogP contribution in [0.25, 0.3) is 6.08 Å². The monoisotopic (exact) mass is 420 g/mol. The minimum atomic E-state index is -0.854. The Bertz CT molecular complexity index is 1000. The molecule has 1 N–H and O–H groups in total. The summed E-state index contributed by atoms with van der Waals surface area (Å²) in [6.45, 7) is 0. The predicted octanol–water partition coefficient (Wildman–Crippen LogP) is 3.68. The summed E-state index contributed by atoms with van der Waals surface area (Å²) >= 11 is 12.1. The summed E-state index contributed by atoms with van der Waals surface area (Å²) in [5, 5.41) is 2.82. The van der Waals surface area contributed by atoms with E-state index >= 15 is 0 Å². The number of carbonyl (C=O) groups is 3. The van der Waals surface area contributed by atoms with E-state index in [4.69, 9.17) is 32.7 Å². The normalized spacial score (nSPS) is 15.6. The minimum absolute atomic E-state index is 0.237. The molecule has 0 saturated carbocycles. The zero-order chi connectivity index (χ0) is 20.4. The Morgan fingerprint density at radius 3 is 2.18 bits per heavy atom. The molecular weight excluding hydrogens is 407 g/mol. The number of nitrogens with zero attached hydrogens (tertiary/aromatic N) is 1. The largest absolute Gasteiger partial charge is 0.493 e. The average Bonchev–Trinajstić information content (AvgIpc) is 2.67. The summed E-state index contributed by atoms with van der Waals surface area (Å²) in [5.41, 5.74) is 0.357. The van der Waals surface area contributed by atoms with Gasteiger partial charge in [-0.25, -0.2) is 9.69 Å². The number of hydrogen-bond donors (Lipinski definition) is 1. The molecule has 28 heavy (non-hydrogen) atoms. The van der Waals surface area contributed by atoms with Crippen molar-refractivity contribution in [1.29, 1.82) is 0 Å². The van der Waals surface area contributed by atoms with Crippen LogP contribution >= 0.6 is 23.2 Å². The number of amides is 4. The summed E-state index contributed by atoms with van der Waals surface area (Å²) in [6, 6.07) is 8.23. The number of nitrogens with one attached hydrogen (secondary N) is 1. The number of methoxy groups -OCH3 is 2. The number of urea groups is 1. The van der Waals surface area contributed by atoms with Gasteiger partial charge in [0.15, 0.2) is 11.5 Å². The predicted molar refractivity (Wildman–Crippen MR) is 105 cm³/mol. The van der Waals surface area contributed by atoms with Crippen molar-refractivity contribution in [3.63, 3.8) is 0 Å². The van der Waals surface area contributed by atoms with Crippen molar-refractivity contribution in [2.24, 2.45) is 0 Å². The van der Waals surface area contributed by atoms with Crippen LogP contribution in [-0.2, 0) is 9.59 Å². The number of barbiturate groups is 1. The summed E-state index contributed by atoms with van der Waals surface area (Å²) in [6.07, 6.45) is 1.29. The lowest BCUT2D eigenvalue weighted by molar-refractivity contribution is -0.122. The van der Waals surface area contributed by atoms with Crippen LogP contribution in [0.1, 0.15) is 5.56 Å². The first kappa shape index (κ1) is 19.7. The standard InChI is InChI=1S/C19H14Cl2N2O5/c1-27-15-8-10(14(21)9-16(15)28-2)7-13-17(24)22-19(26)23(18(13)25)12-5-3-11(20)4-6-12/h3-9H,1-2H3,(H,22,24,26)/b13-7+. The first-order valence-electron chi connectivity index (χ1n) is 7.94. The number of rotatable bonds is 4. The number of benzene rings is 2. The van der Waals surface area contributed by atoms with Crippen molar-refractivity contribution in [1.82, 2.24) is 5.32 Å². The van der Waals surface area contributed by atoms with Gasteiger partial charge in [0, 0.05) is 11.1 Å². The highest BCUT2D eigenvalue weighted by atomic mass is 35.5. The molecule has 1 saturated heterocycles. The first-order valence-corrected chi connectivity index (χ1v) is 8.70. The highest BCUT2D eigenvalue weighted by Crippen LogP contribution is 2.34. The third-order valence-electron chi connectivity index (χ3n) is 3.99. The van der Waals surface area contributed by atoms with Crippen molar-refractivity contribution in [3.8, 4) is 11.5 Å². The number of halogens is 2. The second-order valence-electron chi connectivity index (χ2n) is 5.66. The molecule has 4 amide bonds. The third kappa shape index (κ3) is 3.67. The highest BCUT2D eigenvalue weighted by Gasteiger charge is 2.37.